The smallest absolute Gasteiger partial charge is 0.459 e. The highest BCUT2D eigenvalue weighted by Crippen LogP contribution is 2.47. The van der Waals surface area contributed by atoms with E-state index in [9.17, 15) is 19.3 Å². The Bertz CT molecular complexity index is 1340. The highest BCUT2D eigenvalue weighted by atomic mass is 32.1. The third-order valence-corrected chi connectivity index (χ3v) is 8.26. The number of halogens is 1. The number of urea groups is 1. The number of aromatic nitrogens is 2. The van der Waals surface area contributed by atoms with Crippen molar-refractivity contribution in [2.24, 2.45) is 0 Å². The Morgan fingerprint density at radius 1 is 1.37 bits per heavy atom. The zero-order valence-corrected chi connectivity index (χ0v) is 24.4. The van der Waals surface area contributed by atoms with E-state index in [0.29, 0.717) is 11.4 Å². The SMILES string of the molecule is C=C1C=CN([C@@H]2O[C@H](COP(=O)(N[C@@H](C)C(=O)OC(C)C)Oc3ccc(-c4csnn4)cc3)[C@@H](O)[C@@]2(C)F)C(=O)N1. The van der Waals surface area contributed by atoms with Gasteiger partial charge in [0.15, 0.2) is 11.9 Å². The second-order valence-corrected chi connectivity index (χ2v) is 12.1. The third-order valence-electron chi connectivity index (χ3n) is 6.11. The maximum Gasteiger partial charge on any atom is 0.459 e. The monoisotopic (exact) mass is 611 g/mol. The number of allylic oxidation sites excluding steroid dienone is 1. The van der Waals surface area contributed by atoms with Gasteiger partial charge in [0.05, 0.1) is 12.7 Å². The van der Waals surface area contributed by atoms with Crippen molar-refractivity contribution < 1.29 is 42.2 Å². The van der Waals surface area contributed by atoms with Crippen molar-refractivity contribution in [2.75, 3.05) is 6.61 Å². The van der Waals surface area contributed by atoms with Crippen LogP contribution in [-0.2, 0) is 23.4 Å². The predicted octanol–water partition coefficient (Wildman–Crippen LogP) is 3.50. The summed E-state index contributed by atoms with van der Waals surface area (Å²) in [4.78, 5) is 25.8. The van der Waals surface area contributed by atoms with Crippen LogP contribution in [0.25, 0.3) is 11.3 Å². The van der Waals surface area contributed by atoms with Crippen molar-refractivity contribution in [1.82, 2.24) is 24.9 Å². The van der Waals surface area contributed by atoms with Gasteiger partial charge in [-0.3, -0.25) is 14.2 Å². The zero-order chi connectivity index (χ0) is 29.9. The van der Waals surface area contributed by atoms with Crippen molar-refractivity contribution in [3.63, 3.8) is 0 Å². The predicted molar refractivity (Wildman–Crippen MR) is 146 cm³/mol. The summed E-state index contributed by atoms with van der Waals surface area (Å²) in [6.45, 7) is 8.79. The molecular formula is C25H31FN5O8PS. The first kappa shape index (κ1) is 30.8. The van der Waals surface area contributed by atoms with E-state index in [4.69, 9.17) is 18.5 Å². The molecule has 1 aromatic heterocycles. The van der Waals surface area contributed by atoms with Crippen molar-refractivity contribution in [3.8, 4) is 17.0 Å². The van der Waals surface area contributed by atoms with E-state index >= 15 is 4.39 Å². The van der Waals surface area contributed by atoms with E-state index in [-0.39, 0.29) is 5.75 Å². The molecule has 0 radical (unpaired) electrons. The van der Waals surface area contributed by atoms with E-state index in [1.54, 1.807) is 31.4 Å². The molecule has 13 nitrogen and oxygen atoms in total. The lowest BCUT2D eigenvalue weighted by Crippen LogP contribution is -2.53. The molecule has 0 bridgehead atoms. The quantitative estimate of drug-likeness (QED) is 0.252. The Morgan fingerprint density at radius 3 is 2.68 bits per heavy atom. The first-order chi connectivity index (χ1) is 19.3. The average molecular weight is 612 g/mol. The number of alkyl halides is 1. The summed E-state index contributed by atoms with van der Waals surface area (Å²) in [5.74, 6) is -0.592. The fourth-order valence-electron chi connectivity index (χ4n) is 4.02. The van der Waals surface area contributed by atoms with Gasteiger partial charge in [0.25, 0.3) is 0 Å². The first-order valence-corrected chi connectivity index (χ1v) is 15.0. The molecular weight excluding hydrogens is 580 g/mol. The summed E-state index contributed by atoms with van der Waals surface area (Å²) in [7, 11) is -4.37. The number of aliphatic hydroxyl groups is 1. The van der Waals surface area contributed by atoms with Crippen molar-refractivity contribution in [3.05, 3.63) is 54.2 Å². The van der Waals surface area contributed by atoms with Gasteiger partial charge >= 0.3 is 19.7 Å². The fraction of sp³-hybridized carbons (Fsp3) is 0.440. The number of hydrogen-bond acceptors (Lipinski definition) is 11. The van der Waals surface area contributed by atoms with Crippen molar-refractivity contribution in [2.45, 2.75) is 63.9 Å². The number of esters is 1. The molecule has 0 saturated carbocycles. The van der Waals surface area contributed by atoms with Gasteiger partial charge < -0.3 is 24.4 Å². The van der Waals surface area contributed by atoms with Gasteiger partial charge in [-0.1, -0.05) is 11.1 Å². The Labute approximate surface area is 240 Å². The number of amides is 2. The highest BCUT2D eigenvalue weighted by molar-refractivity contribution is 7.52. The molecule has 0 spiro atoms. The molecule has 2 amide bonds. The Balaban J connectivity index is 1.51. The lowest BCUT2D eigenvalue weighted by molar-refractivity contribution is -0.149. The Hall–Kier alpha value is -3.20. The summed E-state index contributed by atoms with van der Waals surface area (Å²) in [6.07, 6.45) is -2.38. The van der Waals surface area contributed by atoms with E-state index in [2.05, 4.69) is 26.6 Å². The maximum atomic E-state index is 15.6. The maximum absolute atomic E-state index is 15.6. The number of carbonyl (C=O) groups excluding carboxylic acids is 2. The molecule has 3 heterocycles. The molecule has 6 atom stereocenters. The van der Waals surface area contributed by atoms with Crippen LogP contribution in [0.2, 0.25) is 0 Å². The lowest BCUT2D eigenvalue weighted by Gasteiger charge is -2.33. The lowest BCUT2D eigenvalue weighted by atomic mass is 9.98. The summed E-state index contributed by atoms with van der Waals surface area (Å²) in [6, 6.07) is 4.55. The third kappa shape index (κ3) is 7.18. The van der Waals surface area contributed by atoms with Crippen LogP contribution in [0, 0.1) is 0 Å². The largest absolute Gasteiger partial charge is 0.462 e. The van der Waals surface area contributed by atoms with Crippen LogP contribution < -0.4 is 14.9 Å². The van der Waals surface area contributed by atoms with Crippen molar-refractivity contribution >= 4 is 31.3 Å². The minimum Gasteiger partial charge on any atom is -0.462 e. The highest BCUT2D eigenvalue weighted by Gasteiger charge is 2.57. The first-order valence-electron chi connectivity index (χ1n) is 12.6. The van der Waals surface area contributed by atoms with Gasteiger partial charge in [-0.2, -0.15) is 5.09 Å². The summed E-state index contributed by atoms with van der Waals surface area (Å²) >= 11 is 1.19. The number of ether oxygens (including phenoxy) is 2. The van der Waals surface area contributed by atoms with Crippen molar-refractivity contribution in [1.29, 1.82) is 0 Å². The second-order valence-electron chi connectivity index (χ2n) is 9.84. The number of benzene rings is 1. The van der Waals surface area contributed by atoms with E-state index in [1.165, 1.54) is 42.9 Å². The second kappa shape index (κ2) is 12.3. The number of carbonyl (C=O) groups is 2. The van der Waals surface area contributed by atoms with Crippen LogP contribution in [0.5, 0.6) is 5.75 Å². The molecule has 2 aliphatic rings. The van der Waals surface area contributed by atoms with Gasteiger partial charge in [0.1, 0.15) is 29.7 Å². The number of nitrogens with zero attached hydrogens (tertiary/aromatic N) is 3. The van der Waals surface area contributed by atoms with Crippen LogP contribution in [-0.4, -0.2) is 74.5 Å². The molecule has 16 heteroatoms. The summed E-state index contributed by atoms with van der Waals surface area (Å²) in [5.41, 5.74) is -0.752. The molecule has 3 N–H and O–H groups in total. The van der Waals surface area contributed by atoms with Crippen LogP contribution in [0.4, 0.5) is 9.18 Å². The van der Waals surface area contributed by atoms with Gasteiger partial charge in [0, 0.05) is 22.8 Å². The molecule has 1 fully saturated rings. The minimum absolute atomic E-state index is 0.119. The topological polar surface area (TPSA) is 161 Å². The Kier molecular flexibility index (Phi) is 9.26. The molecule has 2 aromatic rings. The van der Waals surface area contributed by atoms with Crippen LogP contribution in [0.15, 0.2) is 54.2 Å². The van der Waals surface area contributed by atoms with Crippen LogP contribution >= 0.6 is 19.3 Å². The number of hydrogen-bond donors (Lipinski definition) is 3. The molecule has 41 heavy (non-hydrogen) atoms. The molecule has 0 aliphatic carbocycles. The Morgan fingerprint density at radius 2 is 2.07 bits per heavy atom. The van der Waals surface area contributed by atoms with Gasteiger partial charge in [0.2, 0.25) is 0 Å². The molecule has 1 saturated heterocycles. The van der Waals surface area contributed by atoms with Crippen LogP contribution in [0.1, 0.15) is 27.7 Å². The summed E-state index contributed by atoms with van der Waals surface area (Å²) in [5, 5.41) is 21.4. The zero-order valence-electron chi connectivity index (χ0n) is 22.7. The van der Waals surface area contributed by atoms with E-state index < -0.39 is 62.6 Å². The van der Waals surface area contributed by atoms with E-state index in [1.807, 2.05) is 0 Å². The minimum atomic E-state index is -4.37. The fourth-order valence-corrected chi connectivity index (χ4v) is 5.99. The van der Waals surface area contributed by atoms with Gasteiger partial charge in [-0.25, -0.2) is 13.8 Å². The number of nitrogens with one attached hydrogen (secondary N) is 2. The molecule has 2 aliphatic heterocycles. The summed E-state index contributed by atoms with van der Waals surface area (Å²) < 4.78 is 55.4. The van der Waals surface area contributed by atoms with Crippen LogP contribution in [0.3, 0.4) is 0 Å². The molecule has 4 rings (SSSR count). The number of rotatable bonds is 11. The van der Waals surface area contributed by atoms with Gasteiger partial charge in [-0.15, -0.1) is 5.10 Å². The van der Waals surface area contributed by atoms with E-state index in [0.717, 1.165) is 17.4 Å². The number of aliphatic hydroxyl groups excluding tert-OH is 1. The average Bonchev–Trinajstić information content (AvgIpc) is 3.51. The molecule has 1 unspecified atom stereocenters. The molecule has 222 valence electrons. The molecule has 1 aromatic carbocycles. The standard InChI is InChI=1S/C25H31FN5O8PS/c1-14(2)37-22(33)16(4)29-40(35,39-18-8-6-17(7-9-18)19-13-41-30-28-19)36-12-20-21(32)25(5,26)23(38-20)31-11-10-15(3)27-24(31)34/h6-11,13-14,16,20-21,23,32H,3,12H2,1-2,4-5H3,(H,27,34)(H,29,35)/t16-,20+,21+,23+,25+,40?/m0/s1. The van der Waals surface area contributed by atoms with Gasteiger partial charge in [-0.05, 0) is 69.6 Å². The normalized spacial score (nSPS) is 26.5.